The molecule has 0 amide bonds. The van der Waals surface area contributed by atoms with Crippen LogP contribution < -0.4 is 9.30 Å². The fraction of sp³-hybridized carbons (Fsp3) is 0.208. The first-order valence-corrected chi connectivity index (χ1v) is 11.4. The van der Waals surface area contributed by atoms with E-state index in [0.29, 0.717) is 6.04 Å². The van der Waals surface area contributed by atoms with Gasteiger partial charge in [0.2, 0.25) is 0 Å². The minimum Gasteiger partial charge on any atom is -0.496 e. The van der Waals surface area contributed by atoms with E-state index in [1.165, 1.54) is 26.6 Å². The summed E-state index contributed by atoms with van der Waals surface area (Å²) in [6.07, 6.45) is 3.34. The van der Waals surface area contributed by atoms with E-state index >= 15 is 0 Å². The van der Waals surface area contributed by atoms with Gasteiger partial charge in [-0.3, -0.25) is 0 Å². The molecule has 5 heterocycles. The molecule has 0 radical (unpaired) electrons. The lowest BCUT2D eigenvalue weighted by Crippen LogP contribution is -2.59. The van der Waals surface area contributed by atoms with Crippen LogP contribution in [0.15, 0.2) is 77.6 Å². The summed E-state index contributed by atoms with van der Waals surface area (Å²) in [5, 5.41) is 4.43. The lowest BCUT2D eigenvalue weighted by molar-refractivity contribution is -0.732. The lowest BCUT2D eigenvalue weighted by atomic mass is 9.57. The van der Waals surface area contributed by atoms with Gasteiger partial charge in [0.05, 0.1) is 18.4 Å². The van der Waals surface area contributed by atoms with Crippen LogP contribution in [0.4, 0.5) is 0 Å². The van der Waals surface area contributed by atoms with Gasteiger partial charge in [0.1, 0.15) is 5.75 Å². The Morgan fingerprint density at radius 1 is 0.929 bits per heavy atom. The fourth-order valence-corrected chi connectivity index (χ4v) is 7.47. The smallest absolute Gasteiger partial charge is 0.190 e. The Kier molecular flexibility index (Phi) is 3.56. The van der Waals surface area contributed by atoms with Crippen molar-refractivity contribution in [2.24, 2.45) is 0 Å². The number of rotatable bonds is 3. The quantitative estimate of drug-likeness (QED) is 0.411. The highest BCUT2D eigenvalue weighted by molar-refractivity contribution is 7.11. The second kappa shape index (κ2) is 6.03. The number of methoxy groups -OCH3 is 1. The van der Waals surface area contributed by atoms with Crippen LogP contribution in [0.5, 0.6) is 5.75 Å². The molecule has 0 fully saturated rings. The molecule has 2 unspecified atom stereocenters. The number of hydrogen-bond donors (Lipinski definition) is 0. The highest BCUT2D eigenvalue weighted by atomic mass is 32.1. The lowest BCUT2D eigenvalue weighted by Gasteiger charge is -2.48. The van der Waals surface area contributed by atoms with Crippen molar-refractivity contribution in [3.8, 4) is 5.75 Å². The van der Waals surface area contributed by atoms with Crippen LogP contribution >= 0.6 is 22.7 Å². The van der Waals surface area contributed by atoms with Crippen molar-refractivity contribution >= 4 is 22.7 Å². The molecule has 0 saturated heterocycles. The predicted octanol–water partition coefficient (Wildman–Crippen LogP) is 5.53. The zero-order chi connectivity index (χ0) is 18.7. The minimum atomic E-state index is -0.0456. The normalized spacial score (nSPS) is 21.2. The van der Waals surface area contributed by atoms with E-state index in [1.54, 1.807) is 7.11 Å². The van der Waals surface area contributed by atoms with Gasteiger partial charge < -0.3 is 4.74 Å². The summed E-state index contributed by atoms with van der Waals surface area (Å²) in [7, 11) is 1.80. The van der Waals surface area contributed by atoms with E-state index < -0.39 is 0 Å². The third kappa shape index (κ3) is 2.00. The third-order valence-corrected chi connectivity index (χ3v) is 8.55. The Balaban J connectivity index is 1.74. The van der Waals surface area contributed by atoms with Gasteiger partial charge in [0.15, 0.2) is 17.9 Å². The molecule has 28 heavy (non-hydrogen) atoms. The second-order valence-electron chi connectivity index (χ2n) is 7.57. The van der Waals surface area contributed by atoms with Crippen molar-refractivity contribution in [3.05, 3.63) is 104 Å². The number of aromatic nitrogens is 1. The summed E-state index contributed by atoms with van der Waals surface area (Å²) < 4.78 is 8.40. The fourth-order valence-electron chi connectivity index (χ4n) is 5.44. The van der Waals surface area contributed by atoms with Gasteiger partial charge in [0, 0.05) is 39.4 Å². The molecule has 2 atom stereocenters. The SMILES string of the molecule is COc1cccc2c1C1c3cccc[n+]3C2CC1(c1cccs1)c1cccs1. The van der Waals surface area contributed by atoms with Crippen LogP contribution in [-0.4, -0.2) is 7.11 Å². The van der Waals surface area contributed by atoms with E-state index in [9.17, 15) is 0 Å². The maximum Gasteiger partial charge on any atom is 0.190 e. The molecular weight excluding hydrogens is 382 g/mol. The number of thiophene rings is 2. The van der Waals surface area contributed by atoms with Gasteiger partial charge >= 0.3 is 0 Å². The minimum absolute atomic E-state index is 0.0456. The molecule has 0 saturated carbocycles. The van der Waals surface area contributed by atoms with Crippen LogP contribution in [0, 0.1) is 0 Å². The molecule has 0 N–H and O–H groups in total. The third-order valence-electron chi connectivity index (χ3n) is 6.45. The van der Waals surface area contributed by atoms with E-state index in [2.05, 4.69) is 82.2 Å². The topological polar surface area (TPSA) is 13.1 Å². The maximum atomic E-state index is 5.91. The zero-order valence-electron chi connectivity index (χ0n) is 15.5. The molecule has 4 heteroatoms. The van der Waals surface area contributed by atoms with Crippen LogP contribution in [0.2, 0.25) is 0 Å². The van der Waals surface area contributed by atoms with Crippen LogP contribution in [0.3, 0.4) is 0 Å². The highest BCUT2D eigenvalue weighted by Gasteiger charge is 2.61. The monoisotopic (exact) mass is 402 g/mol. The summed E-state index contributed by atoms with van der Waals surface area (Å²) in [6.45, 7) is 0. The van der Waals surface area contributed by atoms with Crippen molar-refractivity contribution in [2.75, 3.05) is 7.11 Å². The zero-order valence-corrected chi connectivity index (χ0v) is 17.2. The molecule has 138 valence electrons. The van der Waals surface area contributed by atoms with Gasteiger partial charge in [-0.05, 0) is 29.0 Å². The highest BCUT2D eigenvalue weighted by Crippen LogP contribution is 2.62. The van der Waals surface area contributed by atoms with Gasteiger partial charge in [-0.15, -0.1) is 22.7 Å². The number of nitrogens with zero attached hydrogens (tertiary/aromatic N) is 1. The van der Waals surface area contributed by atoms with Crippen LogP contribution in [-0.2, 0) is 5.41 Å². The predicted molar refractivity (Wildman–Crippen MR) is 114 cm³/mol. The first-order valence-electron chi connectivity index (χ1n) is 9.59. The summed E-state index contributed by atoms with van der Waals surface area (Å²) >= 11 is 3.77. The summed E-state index contributed by atoms with van der Waals surface area (Å²) in [6, 6.07) is 22.6. The van der Waals surface area contributed by atoms with E-state index in [0.717, 1.165) is 12.2 Å². The first kappa shape index (κ1) is 16.5. The van der Waals surface area contributed by atoms with Gasteiger partial charge in [0.25, 0.3) is 0 Å². The van der Waals surface area contributed by atoms with Crippen molar-refractivity contribution in [2.45, 2.75) is 23.8 Å². The Morgan fingerprint density at radius 3 is 2.39 bits per heavy atom. The molecule has 4 aromatic rings. The number of fused-ring (bicyclic) bond motifs is 1. The standard InChI is InChI=1S/C24H20NOS2/c1-26-19-9-4-7-16-18-15-24(20-10-5-13-27-20,21-11-6-14-28-21)23(22(16)19)17-8-2-3-12-25(17)18/h2-14,18,23H,15H2,1H3/q+1. The number of benzene rings is 1. The molecular formula is C24H20NOS2+. The number of hydrogen-bond acceptors (Lipinski definition) is 3. The molecule has 1 aliphatic carbocycles. The average Bonchev–Trinajstić information content (AvgIpc) is 3.48. The van der Waals surface area contributed by atoms with E-state index in [1.807, 2.05) is 22.7 Å². The molecule has 0 spiro atoms. The summed E-state index contributed by atoms with van der Waals surface area (Å²) in [5.74, 6) is 1.25. The van der Waals surface area contributed by atoms with E-state index in [-0.39, 0.29) is 11.3 Å². The van der Waals surface area contributed by atoms with Gasteiger partial charge in [-0.25, -0.2) is 0 Å². The average molecular weight is 403 g/mol. The second-order valence-corrected chi connectivity index (χ2v) is 9.47. The van der Waals surface area contributed by atoms with Gasteiger partial charge in [-0.1, -0.05) is 30.3 Å². The van der Waals surface area contributed by atoms with Crippen molar-refractivity contribution in [1.82, 2.24) is 0 Å². The Bertz CT molecular complexity index is 1110. The molecule has 2 bridgehead atoms. The molecule has 2 nitrogen and oxygen atoms in total. The van der Waals surface area contributed by atoms with Crippen LogP contribution in [0.25, 0.3) is 0 Å². The molecule has 7 rings (SSSR count). The first-order chi connectivity index (χ1) is 13.8. The molecule has 3 aliphatic rings. The Labute approximate surface area is 172 Å². The number of ether oxygens (including phenoxy) is 1. The van der Waals surface area contributed by atoms with Crippen molar-refractivity contribution in [3.63, 3.8) is 0 Å². The largest absolute Gasteiger partial charge is 0.496 e. The van der Waals surface area contributed by atoms with Crippen molar-refractivity contribution in [1.29, 1.82) is 0 Å². The molecule has 1 aromatic carbocycles. The van der Waals surface area contributed by atoms with Crippen LogP contribution in [0.1, 0.15) is 45.0 Å². The summed E-state index contributed by atoms with van der Waals surface area (Å²) in [4.78, 5) is 2.91. The van der Waals surface area contributed by atoms with Crippen molar-refractivity contribution < 1.29 is 9.30 Å². The van der Waals surface area contributed by atoms with E-state index in [4.69, 9.17) is 4.74 Å². The summed E-state index contributed by atoms with van der Waals surface area (Å²) in [5.41, 5.74) is 4.12. The molecule has 2 aliphatic heterocycles. The Hall–Kier alpha value is -2.43. The van der Waals surface area contributed by atoms with Gasteiger partial charge in [-0.2, -0.15) is 4.57 Å². The Morgan fingerprint density at radius 2 is 1.71 bits per heavy atom. The number of pyridine rings is 1. The molecule has 3 aromatic heterocycles. The maximum absolute atomic E-state index is 5.91.